The molecule has 6 heteroatoms. The lowest BCUT2D eigenvalue weighted by atomic mass is 10.2. The zero-order chi connectivity index (χ0) is 17.0. The van der Waals surface area contributed by atoms with Gasteiger partial charge in [-0.1, -0.05) is 12.1 Å². The van der Waals surface area contributed by atoms with Crippen LogP contribution in [0, 0.1) is 6.92 Å². The zero-order valence-electron chi connectivity index (χ0n) is 13.6. The van der Waals surface area contributed by atoms with Crippen LogP contribution in [0.2, 0.25) is 0 Å². The summed E-state index contributed by atoms with van der Waals surface area (Å²) in [6.07, 6.45) is 0.864. The minimum Gasteiger partial charge on any atom is -0.459 e. The van der Waals surface area contributed by atoms with Crippen LogP contribution in [-0.4, -0.2) is 17.6 Å². The van der Waals surface area contributed by atoms with Crippen molar-refractivity contribution < 1.29 is 18.7 Å². The molecule has 0 aliphatic heterocycles. The predicted molar refractivity (Wildman–Crippen MR) is 87.7 cm³/mol. The van der Waals surface area contributed by atoms with Gasteiger partial charge in [-0.05, 0) is 45.9 Å². The molecule has 2 aromatic rings. The van der Waals surface area contributed by atoms with Gasteiger partial charge in [-0.2, -0.15) is 0 Å². The molecule has 0 radical (unpaired) electrons. The van der Waals surface area contributed by atoms with Crippen LogP contribution in [0.5, 0.6) is 0 Å². The van der Waals surface area contributed by atoms with Crippen LogP contribution in [0.1, 0.15) is 36.9 Å². The average molecular weight is 316 g/mol. The number of hydrogen-bond donors (Lipinski definition) is 2. The van der Waals surface area contributed by atoms with E-state index in [1.165, 1.54) is 6.26 Å². The van der Waals surface area contributed by atoms with E-state index in [1.807, 2.05) is 0 Å². The highest BCUT2D eigenvalue weighted by atomic mass is 16.6. The van der Waals surface area contributed by atoms with Crippen molar-refractivity contribution in [2.24, 2.45) is 0 Å². The van der Waals surface area contributed by atoms with Crippen molar-refractivity contribution in [3.05, 3.63) is 47.9 Å². The number of aryl methyl sites for hydroxylation is 1. The van der Waals surface area contributed by atoms with E-state index in [-0.39, 0.29) is 11.7 Å². The van der Waals surface area contributed by atoms with E-state index in [0.29, 0.717) is 11.4 Å². The molecule has 0 aliphatic carbocycles. The number of furan rings is 1. The minimum atomic E-state index is -0.604. The zero-order valence-corrected chi connectivity index (χ0v) is 13.6. The highest BCUT2D eigenvalue weighted by molar-refractivity contribution is 6.06. The topological polar surface area (TPSA) is 80.6 Å². The Bertz CT molecular complexity index is 713. The number of hydrogen-bond acceptors (Lipinski definition) is 4. The van der Waals surface area contributed by atoms with Crippen molar-refractivity contribution in [1.82, 2.24) is 0 Å². The van der Waals surface area contributed by atoms with Crippen molar-refractivity contribution in [2.75, 3.05) is 10.6 Å². The predicted octanol–water partition coefficient (Wildman–Crippen LogP) is 4.19. The Morgan fingerprint density at radius 3 is 2.17 bits per heavy atom. The van der Waals surface area contributed by atoms with Gasteiger partial charge in [0.05, 0.1) is 17.6 Å². The fourth-order valence-corrected chi connectivity index (χ4v) is 1.90. The quantitative estimate of drug-likeness (QED) is 0.889. The largest absolute Gasteiger partial charge is 0.459 e. The van der Waals surface area contributed by atoms with Crippen LogP contribution < -0.4 is 10.6 Å². The Morgan fingerprint density at radius 2 is 1.65 bits per heavy atom. The number of para-hydroxylation sites is 2. The molecule has 0 fully saturated rings. The first-order chi connectivity index (χ1) is 10.8. The maximum absolute atomic E-state index is 12.2. The Kier molecular flexibility index (Phi) is 4.74. The molecule has 0 aliphatic rings. The smallest absolute Gasteiger partial charge is 0.412 e. The van der Waals surface area contributed by atoms with Gasteiger partial charge in [-0.3, -0.25) is 10.1 Å². The molecule has 1 heterocycles. The molecule has 1 aromatic heterocycles. The summed E-state index contributed by atoms with van der Waals surface area (Å²) in [5.74, 6) is -0.150. The second-order valence-corrected chi connectivity index (χ2v) is 6.06. The summed E-state index contributed by atoms with van der Waals surface area (Å²) in [5.41, 5.74) is 1.03. The molecule has 0 bridgehead atoms. The van der Waals surface area contributed by atoms with Crippen LogP contribution in [-0.2, 0) is 4.74 Å². The monoisotopic (exact) mass is 316 g/mol. The molecular formula is C17H20N2O4. The van der Waals surface area contributed by atoms with Crippen molar-refractivity contribution in [3.8, 4) is 0 Å². The molecule has 2 rings (SSSR count). The summed E-state index contributed by atoms with van der Waals surface area (Å²) in [6.45, 7) is 7.11. The third-order valence-corrected chi connectivity index (χ3v) is 2.88. The number of carbonyl (C=O) groups excluding carboxylic acids is 2. The van der Waals surface area contributed by atoms with Gasteiger partial charge in [0.15, 0.2) is 5.76 Å². The van der Waals surface area contributed by atoms with Crippen LogP contribution in [0.3, 0.4) is 0 Å². The van der Waals surface area contributed by atoms with Crippen LogP contribution in [0.4, 0.5) is 16.2 Å². The summed E-state index contributed by atoms with van der Waals surface area (Å²) in [7, 11) is 0. The van der Waals surface area contributed by atoms with E-state index in [9.17, 15) is 9.59 Å². The van der Waals surface area contributed by atoms with Gasteiger partial charge < -0.3 is 14.5 Å². The highest BCUT2D eigenvalue weighted by Gasteiger charge is 2.18. The number of rotatable bonds is 3. The van der Waals surface area contributed by atoms with Gasteiger partial charge in [0.2, 0.25) is 0 Å². The maximum atomic E-state index is 12.2. The van der Waals surface area contributed by atoms with Gasteiger partial charge in [0.25, 0.3) is 5.91 Å². The van der Waals surface area contributed by atoms with E-state index in [1.54, 1.807) is 58.0 Å². The molecule has 0 saturated heterocycles. The van der Waals surface area contributed by atoms with Gasteiger partial charge in [-0.15, -0.1) is 0 Å². The number of carbonyl (C=O) groups is 2. The van der Waals surface area contributed by atoms with Crippen molar-refractivity contribution in [3.63, 3.8) is 0 Å². The summed E-state index contributed by atoms with van der Waals surface area (Å²) >= 11 is 0. The number of ether oxygens (including phenoxy) is 1. The minimum absolute atomic E-state index is 0.233. The van der Waals surface area contributed by atoms with Gasteiger partial charge in [-0.25, -0.2) is 4.79 Å². The summed E-state index contributed by atoms with van der Waals surface area (Å²) < 4.78 is 10.4. The van der Waals surface area contributed by atoms with Gasteiger partial charge >= 0.3 is 6.09 Å². The third kappa shape index (κ3) is 4.60. The SMILES string of the molecule is Cc1ccoc1C(=O)Nc1ccccc1NC(=O)OC(C)(C)C. The van der Waals surface area contributed by atoms with Crippen LogP contribution in [0.25, 0.3) is 0 Å². The molecule has 6 nitrogen and oxygen atoms in total. The molecule has 1 aromatic carbocycles. The van der Waals surface area contributed by atoms with Crippen LogP contribution in [0.15, 0.2) is 41.0 Å². The second kappa shape index (κ2) is 6.56. The molecule has 122 valence electrons. The lowest BCUT2D eigenvalue weighted by molar-refractivity contribution is 0.0635. The number of benzene rings is 1. The Labute approximate surface area is 134 Å². The molecule has 23 heavy (non-hydrogen) atoms. The fourth-order valence-electron chi connectivity index (χ4n) is 1.90. The molecule has 0 atom stereocenters. The van der Waals surface area contributed by atoms with Crippen molar-refractivity contribution in [1.29, 1.82) is 0 Å². The average Bonchev–Trinajstić information content (AvgIpc) is 2.85. The molecule has 2 amide bonds. The normalized spacial score (nSPS) is 11.0. The molecule has 0 unspecified atom stereocenters. The number of anilines is 2. The first kappa shape index (κ1) is 16.6. The van der Waals surface area contributed by atoms with E-state index in [4.69, 9.17) is 9.15 Å². The second-order valence-electron chi connectivity index (χ2n) is 6.06. The van der Waals surface area contributed by atoms with Gasteiger partial charge in [0, 0.05) is 5.56 Å². The highest BCUT2D eigenvalue weighted by Crippen LogP contribution is 2.23. The van der Waals surface area contributed by atoms with Gasteiger partial charge in [0.1, 0.15) is 5.60 Å². The Balaban J connectivity index is 2.13. The summed E-state index contributed by atoms with van der Waals surface area (Å²) in [4.78, 5) is 24.1. The van der Waals surface area contributed by atoms with E-state index in [2.05, 4.69) is 10.6 Å². The summed E-state index contributed by atoms with van der Waals surface area (Å²) in [6, 6.07) is 8.57. The van der Waals surface area contributed by atoms with E-state index >= 15 is 0 Å². The number of nitrogens with one attached hydrogen (secondary N) is 2. The standard InChI is InChI=1S/C17H20N2O4/c1-11-9-10-22-14(11)15(20)18-12-7-5-6-8-13(12)19-16(21)23-17(2,3)4/h5-10H,1-4H3,(H,18,20)(H,19,21). The van der Waals surface area contributed by atoms with E-state index < -0.39 is 11.7 Å². The summed E-state index contributed by atoms with van der Waals surface area (Å²) in [5, 5.41) is 5.34. The number of amides is 2. The van der Waals surface area contributed by atoms with Crippen molar-refractivity contribution >= 4 is 23.4 Å². The lowest BCUT2D eigenvalue weighted by Gasteiger charge is -2.20. The third-order valence-electron chi connectivity index (χ3n) is 2.88. The first-order valence-corrected chi connectivity index (χ1v) is 7.21. The lowest BCUT2D eigenvalue weighted by Crippen LogP contribution is -2.27. The van der Waals surface area contributed by atoms with Crippen molar-refractivity contribution in [2.45, 2.75) is 33.3 Å². The fraction of sp³-hybridized carbons (Fsp3) is 0.294. The molecule has 0 saturated carbocycles. The molecule has 2 N–H and O–H groups in total. The van der Waals surface area contributed by atoms with E-state index in [0.717, 1.165) is 5.56 Å². The Morgan fingerprint density at radius 1 is 1.04 bits per heavy atom. The molecule has 0 spiro atoms. The Hall–Kier alpha value is -2.76. The molecular weight excluding hydrogens is 296 g/mol. The first-order valence-electron chi connectivity index (χ1n) is 7.21. The van der Waals surface area contributed by atoms with Crippen LogP contribution >= 0.6 is 0 Å². The maximum Gasteiger partial charge on any atom is 0.412 e.